The second-order valence-corrected chi connectivity index (χ2v) is 5.24. The van der Waals surface area contributed by atoms with E-state index in [4.69, 9.17) is 5.11 Å². The third-order valence-electron chi connectivity index (χ3n) is 2.80. The number of hydrogen-bond acceptors (Lipinski definition) is 2. The third-order valence-corrected chi connectivity index (χ3v) is 3.33. The van der Waals surface area contributed by atoms with Crippen LogP contribution in [-0.4, -0.2) is 11.1 Å². The van der Waals surface area contributed by atoms with Gasteiger partial charge < -0.3 is 10.4 Å². The molecule has 0 atom stereocenters. The molecule has 20 heavy (non-hydrogen) atoms. The predicted molar refractivity (Wildman–Crippen MR) is 79.8 cm³/mol. The standard InChI is InChI=1S/C15H13BrFNO2/c16-11-2-5-13(6-3-11)18-14-7-4-12(17)9-10(14)1-8-15(19)20/h2-7,9,18H,1,8H2,(H,19,20). The molecular weight excluding hydrogens is 325 g/mol. The van der Waals surface area contributed by atoms with Crippen LogP contribution in [0.25, 0.3) is 0 Å². The van der Waals surface area contributed by atoms with E-state index in [1.54, 1.807) is 6.07 Å². The van der Waals surface area contributed by atoms with Crippen LogP contribution in [0, 0.1) is 5.82 Å². The maximum Gasteiger partial charge on any atom is 0.303 e. The Balaban J connectivity index is 2.21. The van der Waals surface area contributed by atoms with Crippen LogP contribution in [0.5, 0.6) is 0 Å². The molecule has 0 radical (unpaired) electrons. The molecule has 0 saturated carbocycles. The molecule has 2 aromatic carbocycles. The van der Waals surface area contributed by atoms with Gasteiger partial charge in [0, 0.05) is 22.3 Å². The minimum Gasteiger partial charge on any atom is -0.481 e. The molecule has 0 spiro atoms. The van der Waals surface area contributed by atoms with Crippen LogP contribution in [0.15, 0.2) is 46.9 Å². The lowest BCUT2D eigenvalue weighted by molar-refractivity contribution is -0.136. The number of aliphatic carboxylic acids is 1. The van der Waals surface area contributed by atoms with E-state index >= 15 is 0 Å². The van der Waals surface area contributed by atoms with Crippen molar-refractivity contribution in [2.24, 2.45) is 0 Å². The molecule has 3 nitrogen and oxygen atoms in total. The van der Waals surface area contributed by atoms with Gasteiger partial charge in [-0.25, -0.2) is 4.39 Å². The van der Waals surface area contributed by atoms with E-state index in [0.717, 1.165) is 15.8 Å². The highest BCUT2D eigenvalue weighted by Gasteiger charge is 2.07. The summed E-state index contributed by atoms with van der Waals surface area (Å²) >= 11 is 3.35. The molecule has 0 aliphatic carbocycles. The maximum atomic E-state index is 13.3. The normalized spacial score (nSPS) is 10.3. The zero-order chi connectivity index (χ0) is 14.5. The highest BCUT2D eigenvalue weighted by atomic mass is 79.9. The van der Waals surface area contributed by atoms with E-state index in [-0.39, 0.29) is 18.7 Å². The van der Waals surface area contributed by atoms with Gasteiger partial charge in [-0.15, -0.1) is 0 Å². The third kappa shape index (κ3) is 4.06. The molecule has 0 saturated heterocycles. The number of anilines is 2. The molecule has 0 fully saturated rings. The Morgan fingerprint density at radius 3 is 2.55 bits per heavy atom. The summed E-state index contributed by atoms with van der Waals surface area (Å²) in [6.45, 7) is 0. The Kier molecular flexibility index (Phi) is 4.74. The second-order valence-electron chi connectivity index (χ2n) is 4.33. The minimum atomic E-state index is -0.899. The molecule has 0 aromatic heterocycles. The van der Waals surface area contributed by atoms with Crippen molar-refractivity contribution in [3.8, 4) is 0 Å². The minimum absolute atomic E-state index is 0.0293. The fraction of sp³-hybridized carbons (Fsp3) is 0.133. The molecule has 0 bridgehead atoms. The van der Waals surface area contributed by atoms with E-state index in [2.05, 4.69) is 21.2 Å². The van der Waals surface area contributed by atoms with Gasteiger partial charge in [-0.2, -0.15) is 0 Å². The lowest BCUT2D eigenvalue weighted by atomic mass is 10.1. The van der Waals surface area contributed by atoms with Gasteiger partial charge in [-0.05, 0) is 54.4 Å². The first-order valence-electron chi connectivity index (χ1n) is 6.07. The smallest absolute Gasteiger partial charge is 0.303 e. The van der Waals surface area contributed by atoms with Gasteiger partial charge in [0.2, 0.25) is 0 Å². The second kappa shape index (κ2) is 6.52. The van der Waals surface area contributed by atoms with Gasteiger partial charge in [-0.1, -0.05) is 15.9 Å². The average molecular weight is 338 g/mol. The molecule has 0 aliphatic rings. The van der Waals surface area contributed by atoms with Gasteiger partial charge in [0.25, 0.3) is 0 Å². The van der Waals surface area contributed by atoms with Crippen molar-refractivity contribution in [3.63, 3.8) is 0 Å². The predicted octanol–water partition coefficient (Wildman–Crippen LogP) is 4.35. The van der Waals surface area contributed by atoms with E-state index in [1.165, 1.54) is 12.1 Å². The summed E-state index contributed by atoms with van der Waals surface area (Å²) in [7, 11) is 0. The fourth-order valence-electron chi connectivity index (χ4n) is 1.82. The van der Waals surface area contributed by atoms with Crippen molar-refractivity contribution < 1.29 is 14.3 Å². The number of aryl methyl sites for hydroxylation is 1. The number of halogens is 2. The first-order chi connectivity index (χ1) is 9.54. The van der Waals surface area contributed by atoms with Crippen molar-refractivity contribution in [1.29, 1.82) is 0 Å². The SMILES string of the molecule is O=C(O)CCc1cc(F)ccc1Nc1ccc(Br)cc1. The van der Waals surface area contributed by atoms with Crippen LogP contribution in [0.3, 0.4) is 0 Å². The molecule has 5 heteroatoms. The fourth-order valence-corrected chi connectivity index (χ4v) is 2.09. The number of nitrogens with one attached hydrogen (secondary N) is 1. The number of carboxylic acids is 1. The zero-order valence-corrected chi connectivity index (χ0v) is 12.2. The summed E-state index contributed by atoms with van der Waals surface area (Å²) in [6, 6.07) is 11.9. The summed E-state index contributed by atoms with van der Waals surface area (Å²) in [5.74, 6) is -1.27. The van der Waals surface area contributed by atoms with Crippen LogP contribution in [0.2, 0.25) is 0 Å². The van der Waals surface area contributed by atoms with E-state index < -0.39 is 5.97 Å². The summed E-state index contributed by atoms with van der Waals surface area (Å²) < 4.78 is 14.2. The Hall–Kier alpha value is -1.88. The van der Waals surface area contributed by atoms with Crippen molar-refractivity contribution in [2.45, 2.75) is 12.8 Å². The summed E-state index contributed by atoms with van der Waals surface area (Å²) in [6.07, 6.45) is 0.254. The number of benzene rings is 2. The molecule has 2 aromatic rings. The summed E-state index contributed by atoms with van der Waals surface area (Å²) in [5, 5.41) is 11.9. The number of carboxylic acid groups (broad SMARTS) is 1. The van der Waals surface area contributed by atoms with Crippen molar-refractivity contribution in [1.82, 2.24) is 0 Å². The van der Waals surface area contributed by atoms with Crippen LogP contribution in [0.1, 0.15) is 12.0 Å². The molecule has 0 unspecified atom stereocenters. The van der Waals surface area contributed by atoms with Crippen LogP contribution < -0.4 is 5.32 Å². The van der Waals surface area contributed by atoms with E-state index in [9.17, 15) is 9.18 Å². The van der Waals surface area contributed by atoms with Gasteiger partial charge in [0.15, 0.2) is 0 Å². The van der Waals surface area contributed by atoms with E-state index in [0.29, 0.717) is 5.56 Å². The molecule has 0 heterocycles. The van der Waals surface area contributed by atoms with Crippen LogP contribution in [-0.2, 0) is 11.2 Å². The molecule has 2 N–H and O–H groups in total. The molecule has 0 aliphatic heterocycles. The van der Waals surface area contributed by atoms with Gasteiger partial charge >= 0.3 is 5.97 Å². The van der Waals surface area contributed by atoms with Crippen LogP contribution >= 0.6 is 15.9 Å². The highest BCUT2D eigenvalue weighted by Crippen LogP contribution is 2.24. The largest absolute Gasteiger partial charge is 0.481 e. The monoisotopic (exact) mass is 337 g/mol. The van der Waals surface area contributed by atoms with Crippen LogP contribution in [0.4, 0.5) is 15.8 Å². The van der Waals surface area contributed by atoms with Crippen molar-refractivity contribution in [3.05, 3.63) is 58.3 Å². The average Bonchev–Trinajstić information content (AvgIpc) is 2.41. The van der Waals surface area contributed by atoms with Crippen molar-refractivity contribution >= 4 is 33.3 Å². The number of hydrogen-bond donors (Lipinski definition) is 2. The number of carbonyl (C=O) groups is 1. The topological polar surface area (TPSA) is 49.3 Å². The Bertz CT molecular complexity index is 614. The molecular formula is C15H13BrFNO2. The molecule has 0 amide bonds. The molecule has 2 rings (SSSR count). The first-order valence-corrected chi connectivity index (χ1v) is 6.87. The van der Waals surface area contributed by atoms with Gasteiger partial charge in [-0.3, -0.25) is 4.79 Å². The maximum absolute atomic E-state index is 13.3. The lowest BCUT2D eigenvalue weighted by Crippen LogP contribution is -2.01. The Labute approximate surface area is 124 Å². The molecule has 104 valence electrons. The van der Waals surface area contributed by atoms with Crippen molar-refractivity contribution in [2.75, 3.05) is 5.32 Å². The van der Waals surface area contributed by atoms with E-state index in [1.807, 2.05) is 24.3 Å². The first kappa shape index (κ1) is 14.5. The summed E-state index contributed by atoms with van der Waals surface area (Å²) in [4.78, 5) is 10.6. The zero-order valence-electron chi connectivity index (χ0n) is 10.6. The highest BCUT2D eigenvalue weighted by molar-refractivity contribution is 9.10. The Morgan fingerprint density at radius 1 is 1.20 bits per heavy atom. The Morgan fingerprint density at radius 2 is 1.90 bits per heavy atom. The van der Waals surface area contributed by atoms with Gasteiger partial charge in [0.05, 0.1) is 0 Å². The quantitative estimate of drug-likeness (QED) is 0.852. The van der Waals surface area contributed by atoms with Gasteiger partial charge in [0.1, 0.15) is 5.82 Å². The summed E-state index contributed by atoms with van der Waals surface area (Å²) in [5.41, 5.74) is 2.22. The number of rotatable bonds is 5. The lowest BCUT2D eigenvalue weighted by Gasteiger charge is -2.12.